The largest absolute Gasteiger partial charge is 0.492 e. The normalized spacial score (nSPS) is 14.1. The third-order valence-electron chi connectivity index (χ3n) is 2.43. The van der Waals surface area contributed by atoms with Gasteiger partial charge in [0.15, 0.2) is 0 Å². The minimum Gasteiger partial charge on any atom is -0.492 e. The minimum atomic E-state index is 0.725. The van der Waals surface area contributed by atoms with Crippen molar-refractivity contribution in [3.05, 3.63) is 29.3 Å². The number of nitrogens with one attached hydrogen (secondary N) is 2. The highest BCUT2D eigenvalue weighted by Crippen LogP contribution is 2.21. The average Bonchev–Trinajstić information content (AvgIpc) is 2.65. The molecule has 2 N–H and O–H groups in total. The van der Waals surface area contributed by atoms with Gasteiger partial charge in [-0.3, -0.25) is 0 Å². The van der Waals surface area contributed by atoms with Crippen LogP contribution in [0.25, 0.3) is 0 Å². The predicted molar refractivity (Wildman–Crippen MR) is 56.4 cm³/mol. The van der Waals surface area contributed by atoms with Crippen LogP contribution in [0.3, 0.4) is 0 Å². The summed E-state index contributed by atoms with van der Waals surface area (Å²) >= 11 is 0. The van der Waals surface area contributed by atoms with Gasteiger partial charge in [-0.25, -0.2) is 0 Å². The maximum atomic E-state index is 5.58. The summed E-state index contributed by atoms with van der Waals surface area (Å²) in [6.45, 7) is 3.57. The molecule has 0 amide bonds. The van der Waals surface area contributed by atoms with E-state index in [0.717, 1.165) is 32.0 Å². The monoisotopic (exact) mass is 192 g/mol. The van der Waals surface area contributed by atoms with Crippen LogP contribution < -0.4 is 15.4 Å². The van der Waals surface area contributed by atoms with E-state index in [0.29, 0.717) is 0 Å². The molecule has 0 aliphatic carbocycles. The molecule has 0 saturated heterocycles. The molecule has 0 unspecified atom stereocenters. The smallest absolute Gasteiger partial charge is 0.119 e. The fourth-order valence-electron chi connectivity index (χ4n) is 1.63. The summed E-state index contributed by atoms with van der Waals surface area (Å²) in [6.07, 6.45) is 0. The van der Waals surface area contributed by atoms with E-state index in [4.69, 9.17) is 4.74 Å². The lowest BCUT2D eigenvalue weighted by molar-refractivity contribution is 0.318. The van der Waals surface area contributed by atoms with Gasteiger partial charge >= 0.3 is 0 Å². The maximum absolute atomic E-state index is 5.58. The molecule has 0 bridgehead atoms. The average molecular weight is 192 g/mol. The Bertz CT molecular complexity index is 312. The molecule has 1 aliphatic rings. The van der Waals surface area contributed by atoms with E-state index in [2.05, 4.69) is 22.8 Å². The lowest BCUT2D eigenvalue weighted by Gasteiger charge is -2.07. The number of ether oxygens (including phenoxy) is 1. The van der Waals surface area contributed by atoms with E-state index in [-0.39, 0.29) is 0 Å². The van der Waals surface area contributed by atoms with E-state index in [1.807, 2.05) is 13.1 Å². The zero-order valence-corrected chi connectivity index (χ0v) is 8.47. The molecule has 0 saturated carbocycles. The van der Waals surface area contributed by atoms with Crippen LogP contribution in [-0.4, -0.2) is 20.2 Å². The summed E-state index contributed by atoms with van der Waals surface area (Å²) in [4.78, 5) is 0. The van der Waals surface area contributed by atoms with Crippen molar-refractivity contribution in [2.75, 3.05) is 20.2 Å². The quantitative estimate of drug-likeness (QED) is 0.695. The molecular weight excluding hydrogens is 176 g/mol. The Morgan fingerprint density at radius 3 is 3.07 bits per heavy atom. The van der Waals surface area contributed by atoms with Gasteiger partial charge in [0, 0.05) is 19.6 Å². The van der Waals surface area contributed by atoms with Crippen molar-refractivity contribution in [2.24, 2.45) is 0 Å². The molecule has 3 nitrogen and oxygen atoms in total. The van der Waals surface area contributed by atoms with Crippen molar-refractivity contribution < 1.29 is 4.74 Å². The molecule has 1 aromatic carbocycles. The van der Waals surface area contributed by atoms with Gasteiger partial charge in [0.05, 0.1) is 0 Å². The van der Waals surface area contributed by atoms with E-state index in [1.54, 1.807) is 0 Å². The van der Waals surface area contributed by atoms with Gasteiger partial charge in [-0.05, 0) is 30.3 Å². The third kappa shape index (κ3) is 2.05. The standard InChI is InChI=1S/C11H16N2O/c1-12-4-5-14-11-3-2-9-7-13-8-10(9)6-11/h2-3,6,12-13H,4-5,7-8H2,1H3. The summed E-state index contributed by atoms with van der Waals surface area (Å²) in [5, 5.41) is 6.37. The predicted octanol–water partition coefficient (Wildman–Crippen LogP) is 0.888. The SMILES string of the molecule is CNCCOc1ccc2c(c1)CNC2. The van der Waals surface area contributed by atoms with E-state index < -0.39 is 0 Å². The summed E-state index contributed by atoms with van der Waals surface area (Å²) < 4.78 is 5.58. The maximum Gasteiger partial charge on any atom is 0.119 e. The van der Waals surface area contributed by atoms with Crippen molar-refractivity contribution in [1.29, 1.82) is 0 Å². The Morgan fingerprint density at radius 2 is 2.21 bits per heavy atom. The second-order valence-electron chi connectivity index (χ2n) is 3.49. The Labute approximate surface area is 84.5 Å². The zero-order valence-electron chi connectivity index (χ0n) is 8.47. The van der Waals surface area contributed by atoms with Crippen molar-refractivity contribution in [1.82, 2.24) is 10.6 Å². The van der Waals surface area contributed by atoms with Gasteiger partial charge in [-0.1, -0.05) is 6.07 Å². The molecule has 2 rings (SSSR count). The fraction of sp³-hybridized carbons (Fsp3) is 0.455. The molecule has 0 aromatic heterocycles. The molecule has 1 aliphatic heterocycles. The zero-order chi connectivity index (χ0) is 9.80. The Morgan fingerprint density at radius 1 is 1.36 bits per heavy atom. The Hall–Kier alpha value is -1.06. The number of rotatable bonds is 4. The van der Waals surface area contributed by atoms with Crippen molar-refractivity contribution in [3.63, 3.8) is 0 Å². The lowest BCUT2D eigenvalue weighted by Crippen LogP contribution is -2.15. The van der Waals surface area contributed by atoms with Gasteiger partial charge in [0.25, 0.3) is 0 Å². The lowest BCUT2D eigenvalue weighted by atomic mass is 10.1. The van der Waals surface area contributed by atoms with Crippen LogP contribution in [0.5, 0.6) is 5.75 Å². The van der Waals surface area contributed by atoms with E-state index in [1.165, 1.54) is 11.1 Å². The molecule has 76 valence electrons. The molecule has 0 radical (unpaired) electrons. The highest BCUT2D eigenvalue weighted by Gasteiger charge is 2.09. The molecule has 0 fully saturated rings. The van der Waals surface area contributed by atoms with Crippen LogP contribution in [0.2, 0.25) is 0 Å². The summed E-state index contributed by atoms with van der Waals surface area (Å²) in [5.74, 6) is 0.975. The molecular formula is C11H16N2O. The molecule has 3 heteroatoms. The first-order valence-electron chi connectivity index (χ1n) is 5.00. The number of benzene rings is 1. The van der Waals surface area contributed by atoms with E-state index >= 15 is 0 Å². The first-order valence-corrected chi connectivity index (χ1v) is 5.00. The van der Waals surface area contributed by atoms with Crippen LogP contribution in [0.15, 0.2) is 18.2 Å². The number of hydrogen-bond acceptors (Lipinski definition) is 3. The van der Waals surface area contributed by atoms with Gasteiger partial charge < -0.3 is 15.4 Å². The van der Waals surface area contributed by atoms with Crippen LogP contribution in [0.4, 0.5) is 0 Å². The first kappa shape index (κ1) is 9.49. The molecule has 1 aromatic rings. The molecule has 14 heavy (non-hydrogen) atoms. The summed E-state index contributed by atoms with van der Waals surface area (Å²) in [6, 6.07) is 6.32. The van der Waals surface area contributed by atoms with Gasteiger partial charge in [-0.15, -0.1) is 0 Å². The second kappa shape index (κ2) is 4.44. The number of fused-ring (bicyclic) bond motifs is 1. The fourth-order valence-corrected chi connectivity index (χ4v) is 1.63. The molecule has 1 heterocycles. The topological polar surface area (TPSA) is 33.3 Å². The minimum absolute atomic E-state index is 0.725. The van der Waals surface area contributed by atoms with Gasteiger partial charge in [0.2, 0.25) is 0 Å². The van der Waals surface area contributed by atoms with Crippen LogP contribution in [-0.2, 0) is 13.1 Å². The van der Waals surface area contributed by atoms with E-state index in [9.17, 15) is 0 Å². The number of hydrogen-bond donors (Lipinski definition) is 2. The third-order valence-corrected chi connectivity index (χ3v) is 2.43. The van der Waals surface area contributed by atoms with Gasteiger partial charge in [0.1, 0.15) is 12.4 Å². The number of likely N-dealkylation sites (N-methyl/N-ethyl adjacent to an activating group) is 1. The molecule has 0 spiro atoms. The van der Waals surface area contributed by atoms with Crippen molar-refractivity contribution >= 4 is 0 Å². The summed E-state index contributed by atoms with van der Waals surface area (Å²) in [5.41, 5.74) is 2.76. The van der Waals surface area contributed by atoms with Gasteiger partial charge in [-0.2, -0.15) is 0 Å². The first-order chi connectivity index (χ1) is 6.90. The Balaban J connectivity index is 1.98. The van der Waals surface area contributed by atoms with Crippen LogP contribution in [0.1, 0.15) is 11.1 Å². The summed E-state index contributed by atoms with van der Waals surface area (Å²) in [7, 11) is 1.93. The van der Waals surface area contributed by atoms with Crippen molar-refractivity contribution in [2.45, 2.75) is 13.1 Å². The van der Waals surface area contributed by atoms with Crippen LogP contribution in [0, 0.1) is 0 Å². The van der Waals surface area contributed by atoms with Crippen molar-refractivity contribution in [3.8, 4) is 5.75 Å². The highest BCUT2D eigenvalue weighted by molar-refractivity contribution is 5.37. The highest BCUT2D eigenvalue weighted by atomic mass is 16.5. The molecule has 0 atom stereocenters. The Kier molecular flexibility index (Phi) is 3.01. The second-order valence-corrected chi connectivity index (χ2v) is 3.49. The van der Waals surface area contributed by atoms with Crippen LogP contribution >= 0.6 is 0 Å².